The van der Waals surface area contributed by atoms with Crippen molar-refractivity contribution in [3.8, 4) is 0 Å². The first kappa shape index (κ1) is 80.9. The molecule has 8 N–H and O–H groups in total. The van der Waals surface area contributed by atoms with Crippen molar-refractivity contribution < 1.29 is 50.0 Å². The lowest BCUT2D eigenvalue weighted by Crippen LogP contribution is -2.60. The molecule has 1 heterocycles. The molecule has 0 radical (unpaired) electrons. The largest absolute Gasteiger partial charge is 0.394 e. The number of unbranched alkanes of at least 4 members (excludes halogenated alkanes) is 52. The number of ether oxygens (including phenoxy) is 2. The molecular weight excluding hydrogens is 1050 g/mol. The number of allylic oxidation sites excluding steroid dienone is 2. The Balaban J connectivity index is 2.18. The molecule has 1 fully saturated rings. The summed E-state index contributed by atoms with van der Waals surface area (Å²) in [5, 5.41) is 76.6. The summed E-state index contributed by atoms with van der Waals surface area (Å²) in [7, 11) is 0. The van der Waals surface area contributed by atoms with E-state index in [1.54, 1.807) is 0 Å². The Hall–Kier alpha value is -1.15. The van der Waals surface area contributed by atoms with Crippen LogP contribution in [0.4, 0.5) is 0 Å². The Kier molecular flexibility index (Phi) is 59.7. The van der Waals surface area contributed by atoms with Crippen LogP contribution >= 0.6 is 0 Å². The first-order chi connectivity index (χ1) is 41.2. The van der Waals surface area contributed by atoms with E-state index in [1.165, 1.54) is 308 Å². The quantitative estimate of drug-likeness (QED) is 0.0215. The van der Waals surface area contributed by atoms with Gasteiger partial charge < -0.3 is 50.5 Å². The summed E-state index contributed by atoms with van der Waals surface area (Å²) in [5.41, 5.74) is 0. The molecular formula is C73H143NO10. The first-order valence-corrected chi connectivity index (χ1v) is 37.1. The zero-order chi connectivity index (χ0) is 61.0. The van der Waals surface area contributed by atoms with Gasteiger partial charge in [-0.05, 0) is 38.5 Å². The highest BCUT2D eigenvalue weighted by atomic mass is 16.7. The normalized spacial score (nSPS) is 18.9. The molecule has 0 aliphatic carbocycles. The maximum absolute atomic E-state index is 13.3. The number of rotatable bonds is 66. The van der Waals surface area contributed by atoms with Crippen LogP contribution in [-0.4, -0.2) is 110 Å². The highest BCUT2D eigenvalue weighted by Gasteiger charge is 2.44. The van der Waals surface area contributed by atoms with E-state index in [0.29, 0.717) is 12.8 Å². The third kappa shape index (κ3) is 48.7. The van der Waals surface area contributed by atoms with E-state index < -0.39 is 74.2 Å². The van der Waals surface area contributed by atoms with Crippen molar-refractivity contribution in [3.63, 3.8) is 0 Å². The van der Waals surface area contributed by atoms with Gasteiger partial charge in [-0.25, -0.2) is 0 Å². The van der Waals surface area contributed by atoms with E-state index >= 15 is 0 Å². The molecule has 0 aromatic rings. The Morgan fingerprint density at radius 2 is 0.702 bits per heavy atom. The second-order valence-corrected chi connectivity index (χ2v) is 26.4. The monoisotopic (exact) mass is 1190 g/mol. The minimum absolute atomic E-state index is 0.260. The average molecular weight is 1190 g/mol. The lowest BCUT2D eigenvalue weighted by molar-refractivity contribution is -0.303. The fraction of sp³-hybridized carbons (Fsp3) is 0.959. The molecule has 9 atom stereocenters. The molecule has 0 spiro atoms. The number of hydrogen-bond acceptors (Lipinski definition) is 10. The van der Waals surface area contributed by atoms with Gasteiger partial charge in [0, 0.05) is 0 Å². The van der Waals surface area contributed by atoms with Gasteiger partial charge >= 0.3 is 0 Å². The van der Waals surface area contributed by atoms with Gasteiger partial charge in [0.05, 0.1) is 25.4 Å². The van der Waals surface area contributed by atoms with E-state index in [4.69, 9.17) is 9.47 Å². The molecule has 0 bridgehead atoms. The first-order valence-electron chi connectivity index (χ1n) is 37.1. The maximum Gasteiger partial charge on any atom is 0.249 e. The molecule has 84 heavy (non-hydrogen) atoms. The summed E-state index contributed by atoms with van der Waals surface area (Å²) in [6.07, 6.45) is 66.0. The third-order valence-electron chi connectivity index (χ3n) is 18.3. The fourth-order valence-corrected chi connectivity index (χ4v) is 12.4. The van der Waals surface area contributed by atoms with Gasteiger partial charge in [-0.1, -0.05) is 353 Å². The molecule has 11 heteroatoms. The van der Waals surface area contributed by atoms with E-state index in [1.807, 2.05) is 0 Å². The summed E-state index contributed by atoms with van der Waals surface area (Å²) in [6, 6.07) is -1.18. The molecule has 1 rings (SSSR count). The van der Waals surface area contributed by atoms with Crippen molar-refractivity contribution in [2.45, 2.75) is 435 Å². The van der Waals surface area contributed by atoms with Gasteiger partial charge in [0.15, 0.2) is 6.29 Å². The number of amides is 1. The summed E-state index contributed by atoms with van der Waals surface area (Å²) < 4.78 is 11.2. The SMILES string of the molecule is CCCCCCCCCCCCCCCCCCCCCCCCC/C=C/CCCC(O)C(O)C(COC1OC(CO)C(O)C(O)C1O)NC(=O)C(O)CCCCCCCCCCCCCCCCCCCCCCCCCCCCCCC. The van der Waals surface area contributed by atoms with Crippen LogP contribution in [0, 0.1) is 0 Å². The molecule has 9 unspecified atom stereocenters. The molecule has 1 saturated heterocycles. The van der Waals surface area contributed by atoms with Crippen molar-refractivity contribution in [1.29, 1.82) is 0 Å². The van der Waals surface area contributed by atoms with Gasteiger partial charge in [-0.15, -0.1) is 0 Å². The molecule has 1 amide bonds. The standard InChI is InChI=1S/C73H143NO10/c1-3-5-7-9-11-13-15-17-19-21-23-25-27-29-31-33-35-37-39-41-43-45-47-49-51-53-55-57-59-61-66(77)72(82)74-64(63-83-73-71(81)70(80)69(79)67(62-75)84-73)68(78)65(76)60-58-56-54-52-50-48-46-44-42-40-38-36-34-32-30-28-26-24-22-20-18-16-14-12-10-8-6-4-2/h52,54,64-71,73,75-81H,3-51,53,55-63H2,1-2H3,(H,74,82)/b54-52+. The fourth-order valence-electron chi connectivity index (χ4n) is 12.4. The zero-order valence-electron chi connectivity index (χ0n) is 55.4. The smallest absolute Gasteiger partial charge is 0.249 e. The Morgan fingerprint density at radius 3 is 1.02 bits per heavy atom. The van der Waals surface area contributed by atoms with Gasteiger partial charge in [0.25, 0.3) is 0 Å². The lowest BCUT2D eigenvalue weighted by Gasteiger charge is -2.40. The van der Waals surface area contributed by atoms with Crippen LogP contribution in [0.15, 0.2) is 12.2 Å². The van der Waals surface area contributed by atoms with Crippen molar-refractivity contribution in [2.24, 2.45) is 0 Å². The molecule has 500 valence electrons. The van der Waals surface area contributed by atoms with Crippen LogP contribution in [-0.2, 0) is 14.3 Å². The second kappa shape index (κ2) is 62.1. The van der Waals surface area contributed by atoms with E-state index in [9.17, 15) is 40.5 Å². The second-order valence-electron chi connectivity index (χ2n) is 26.4. The summed E-state index contributed by atoms with van der Waals surface area (Å²) >= 11 is 0. The number of nitrogens with one attached hydrogen (secondary N) is 1. The third-order valence-corrected chi connectivity index (χ3v) is 18.3. The predicted octanol–water partition coefficient (Wildman–Crippen LogP) is 18.2. The number of aliphatic hydroxyl groups excluding tert-OH is 7. The topological polar surface area (TPSA) is 189 Å². The molecule has 0 aromatic heterocycles. The number of carbonyl (C=O) groups excluding carboxylic acids is 1. The average Bonchev–Trinajstić information content (AvgIpc) is 3.66. The van der Waals surface area contributed by atoms with Crippen LogP contribution in [0.2, 0.25) is 0 Å². The number of carbonyl (C=O) groups is 1. The van der Waals surface area contributed by atoms with E-state index in [-0.39, 0.29) is 12.8 Å². The molecule has 11 nitrogen and oxygen atoms in total. The Morgan fingerprint density at radius 1 is 0.405 bits per heavy atom. The van der Waals surface area contributed by atoms with Crippen LogP contribution in [0.25, 0.3) is 0 Å². The zero-order valence-corrected chi connectivity index (χ0v) is 55.4. The molecule has 0 aromatic carbocycles. The van der Waals surface area contributed by atoms with E-state index in [2.05, 4.69) is 31.3 Å². The van der Waals surface area contributed by atoms with Crippen molar-refractivity contribution in [1.82, 2.24) is 5.32 Å². The Bertz CT molecular complexity index is 1370. The summed E-state index contributed by atoms with van der Waals surface area (Å²) in [5.74, 6) is -0.697. The van der Waals surface area contributed by atoms with Gasteiger partial charge in [-0.2, -0.15) is 0 Å². The lowest BCUT2D eigenvalue weighted by atomic mass is 9.98. The van der Waals surface area contributed by atoms with Crippen molar-refractivity contribution in [2.75, 3.05) is 13.2 Å². The summed E-state index contributed by atoms with van der Waals surface area (Å²) in [6.45, 7) is 3.52. The summed E-state index contributed by atoms with van der Waals surface area (Å²) in [4.78, 5) is 13.3. The number of aliphatic hydroxyl groups is 7. The van der Waals surface area contributed by atoms with Crippen LogP contribution < -0.4 is 5.32 Å². The minimum Gasteiger partial charge on any atom is -0.394 e. The highest BCUT2D eigenvalue weighted by Crippen LogP contribution is 2.24. The maximum atomic E-state index is 13.3. The Labute approximate surface area is 519 Å². The minimum atomic E-state index is -1.67. The van der Waals surface area contributed by atoms with Gasteiger partial charge in [0.1, 0.15) is 36.6 Å². The van der Waals surface area contributed by atoms with Gasteiger partial charge in [0.2, 0.25) is 5.91 Å². The number of hydrogen-bond donors (Lipinski definition) is 8. The van der Waals surface area contributed by atoms with Crippen LogP contribution in [0.3, 0.4) is 0 Å². The van der Waals surface area contributed by atoms with Crippen LogP contribution in [0.5, 0.6) is 0 Å². The highest BCUT2D eigenvalue weighted by molar-refractivity contribution is 5.80. The molecule has 1 aliphatic rings. The molecule has 0 saturated carbocycles. The van der Waals surface area contributed by atoms with Crippen molar-refractivity contribution in [3.05, 3.63) is 12.2 Å². The van der Waals surface area contributed by atoms with E-state index in [0.717, 1.165) is 32.1 Å². The van der Waals surface area contributed by atoms with Crippen molar-refractivity contribution >= 4 is 5.91 Å². The predicted molar refractivity (Wildman–Crippen MR) is 353 cm³/mol. The van der Waals surface area contributed by atoms with Gasteiger partial charge in [-0.3, -0.25) is 4.79 Å². The van der Waals surface area contributed by atoms with Crippen LogP contribution in [0.1, 0.15) is 380 Å². The molecule has 1 aliphatic heterocycles.